The van der Waals surface area contributed by atoms with Gasteiger partial charge in [-0.2, -0.15) is 0 Å². The number of benzene rings is 2. The number of amides is 1. The third-order valence-corrected chi connectivity index (χ3v) is 6.01. The summed E-state index contributed by atoms with van der Waals surface area (Å²) in [5.74, 6) is 0.364. The zero-order chi connectivity index (χ0) is 19.9. The zero-order valence-corrected chi connectivity index (χ0v) is 16.8. The van der Waals surface area contributed by atoms with E-state index in [1.807, 2.05) is 6.21 Å². The van der Waals surface area contributed by atoms with Crippen LogP contribution in [0.15, 0.2) is 89.5 Å². The van der Waals surface area contributed by atoms with Crippen molar-refractivity contribution in [2.45, 2.75) is 31.1 Å². The molecule has 1 aliphatic carbocycles. The summed E-state index contributed by atoms with van der Waals surface area (Å²) < 4.78 is 0. The maximum Gasteiger partial charge on any atom is 0.243 e. The summed E-state index contributed by atoms with van der Waals surface area (Å²) in [4.78, 5) is 16.4. The average molecular weight is 385 g/mol. The van der Waals surface area contributed by atoms with Gasteiger partial charge in [-0.05, 0) is 60.5 Å². The molecule has 0 aromatic heterocycles. The lowest BCUT2D eigenvalue weighted by Crippen LogP contribution is -2.22. The predicted octanol–water partition coefficient (Wildman–Crippen LogP) is 4.85. The van der Waals surface area contributed by atoms with Gasteiger partial charge in [0.05, 0.1) is 6.54 Å². The largest absolute Gasteiger partial charge is 0.353 e. The Morgan fingerprint density at radius 2 is 1.72 bits per heavy atom. The highest BCUT2D eigenvalue weighted by Gasteiger charge is 2.54. The van der Waals surface area contributed by atoms with Gasteiger partial charge in [0.15, 0.2) is 0 Å². The van der Waals surface area contributed by atoms with E-state index in [0.29, 0.717) is 5.92 Å². The summed E-state index contributed by atoms with van der Waals surface area (Å²) >= 11 is 0. The highest BCUT2D eigenvalue weighted by molar-refractivity contribution is 5.87. The zero-order valence-electron chi connectivity index (χ0n) is 16.8. The fourth-order valence-electron chi connectivity index (χ4n) is 4.32. The second-order valence-corrected chi connectivity index (χ2v) is 7.94. The van der Waals surface area contributed by atoms with E-state index in [4.69, 9.17) is 0 Å². The fourth-order valence-corrected chi connectivity index (χ4v) is 4.32. The van der Waals surface area contributed by atoms with Crippen LogP contribution in [0.25, 0.3) is 0 Å². The van der Waals surface area contributed by atoms with E-state index in [1.165, 1.54) is 16.7 Å². The van der Waals surface area contributed by atoms with Crippen LogP contribution in [0.3, 0.4) is 0 Å². The molecule has 2 aliphatic rings. The highest BCUT2D eigenvalue weighted by atomic mass is 16.1. The highest BCUT2D eigenvalue weighted by Crippen LogP contribution is 2.59. The van der Waals surface area contributed by atoms with Crippen LogP contribution in [0.5, 0.6) is 0 Å². The van der Waals surface area contributed by atoms with Gasteiger partial charge in [0, 0.05) is 18.2 Å². The molecule has 2 aromatic carbocycles. The summed E-state index contributed by atoms with van der Waals surface area (Å²) in [5.41, 5.74) is 4.04. The van der Waals surface area contributed by atoms with Gasteiger partial charge >= 0.3 is 0 Å². The van der Waals surface area contributed by atoms with Crippen LogP contribution in [0.2, 0.25) is 0 Å². The molecule has 3 heteroatoms. The Kier molecular flexibility index (Phi) is 6.04. The van der Waals surface area contributed by atoms with E-state index >= 15 is 0 Å². The van der Waals surface area contributed by atoms with E-state index in [0.717, 1.165) is 38.8 Å². The first-order chi connectivity index (χ1) is 14.3. The summed E-state index contributed by atoms with van der Waals surface area (Å²) in [7, 11) is 0. The maximum atomic E-state index is 12.2. The smallest absolute Gasteiger partial charge is 0.243 e. The lowest BCUT2D eigenvalue weighted by atomic mass is 9.85. The molecule has 0 radical (unpaired) electrons. The number of allylic oxidation sites excluding steroid dienone is 2. The van der Waals surface area contributed by atoms with Crippen molar-refractivity contribution in [2.24, 2.45) is 10.9 Å². The first kappa shape index (κ1) is 19.4. The van der Waals surface area contributed by atoms with Crippen molar-refractivity contribution >= 4 is 12.1 Å². The van der Waals surface area contributed by atoms with Crippen molar-refractivity contribution in [2.75, 3.05) is 13.1 Å². The van der Waals surface area contributed by atoms with Gasteiger partial charge in [-0.3, -0.25) is 9.79 Å². The number of carbonyl (C=O) groups excluding carboxylic acids is 1. The SMILES string of the molecule is O=C(/C=C/[C@@H]1CC1(c1ccccc1)c1ccccc1)NCCCCC1=CC=NC1. The molecular formula is C26H28N2O. The number of hydrogen-bond donors (Lipinski definition) is 1. The monoisotopic (exact) mass is 384 g/mol. The van der Waals surface area contributed by atoms with Crippen molar-refractivity contribution in [1.82, 2.24) is 5.32 Å². The molecule has 3 nitrogen and oxygen atoms in total. The van der Waals surface area contributed by atoms with E-state index in [2.05, 4.69) is 83.1 Å². The molecule has 148 valence electrons. The molecule has 1 aliphatic heterocycles. The normalized spacial score (nSPS) is 19.3. The van der Waals surface area contributed by atoms with Crippen molar-refractivity contribution in [3.8, 4) is 0 Å². The minimum Gasteiger partial charge on any atom is -0.353 e. The summed E-state index contributed by atoms with van der Waals surface area (Å²) in [6.07, 6.45) is 12.0. The Morgan fingerprint density at radius 3 is 2.34 bits per heavy atom. The van der Waals surface area contributed by atoms with Crippen LogP contribution in [0.4, 0.5) is 0 Å². The van der Waals surface area contributed by atoms with E-state index in [9.17, 15) is 4.79 Å². The molecule has 1 atom stereocenters. The van der Waals surface area contributed by atoms with Crippen molar-refractivity contribution in [1.29, 1.82) is 0 Å². The average Bonchev–Trinajstić information content (AvgIpc) is 3.28. The number of aliphatic imine (C=N–C) groups is 1. The molecule has 4 rings (SSSR count). The molecule has 1 N–H and O–H groups in total. The van der Waals surface area contributed by atoms with Crippen LogP contribution in [0, 0.1) is 5.92 Å². The number of hydrogen-bond acceptors (Lipinski definition) is 2. The molecule has 0 spiro atoms. The molecule has 1 saturated carbocycles. The van der Waals surface area contributed by atoms with Crippen LogP contribution >= 0.6 is 0 Å². The lowest BCUT2D eigenvalue weighted by molar-refractivity contribution is -0.116. The van der Waals surface area contributed by atoms with Gasteiger partial charge in [0.25, 0.3) is 0 Å². The molecule has 0 saturated heterocycles. The van der Waals surface area contributed by atoms with Crippen molar-refractivity contribution in [3.05, 3.63) is 95.6 Å². The van der Waals surface area contributed by atoms with E-state index < -0.39 is 0 Å². The standard InChI is InChI=1S/C26H28N2O/c29-25(28-17-8-7-9-21-16-18-27-20-21)15-14-24-19-26(24,22-10-3-1-4-11-22)23-12-5-2-6-13-23/h1-6,10-16,18,24H,7-9,17,19-20H2,(H,28,29)/b15-14+/t24-/m1/s1. The van der Waals surface area contributed by atoms with Crippen LogP contribution in [0.1, 0.15) is 36.8 Å². The first-order valence-electron chi connectivity index (χ1n) is 10.5. The molecule has 0 unspecified atom stereocenters. The Bertz CT molecular complexity index is 873. The summed E-state index contributed by atoms with van der Waals surface area (Å²) in [6, 6.07) is 21.3. The van der Waals surface area contributed by atoms with Crippen LogP contribution in [-0.4, -0.2) is 25.2 Å². The molecule has 1 amide bonds. The Labute approximate surface area is 173 Å². The number of nitrogens with one attached hydrogen (secondary N) is 1. The Balaban J connectivity index is 1.30. The number of carbonyl (C=O) groups is 1. The molecule has 1 fully saturated rings. The third-order valence-electron chi connectivity index (χ3n) is 6.01. The number of rotatable bonds is 9. The molecule has 0 bridgehead atoms. The number of unbranched alkanes of at least 4 members (excludes halogenated alkanes) is 1. The minimum absolute atomic E-state index is 0.00360. The summed E-state index contributed by atoms with van der Waals surface area (Å²) in [6.45, 7) is 1.57. The quantitative estimate of drug-likeness (QED) is 0.487. The van der Waals surface area contributed by atoms with Gasteiger partial charge < -0.3 is 5.32 Å². The van der Waals surface area contributed by atoms with Gasteiger partial charge in [0.1, 0.15) is 0 Å². The molecule has 2 aromatic rings. The van der Waals surface area contributed by atoms with Gasteiger partial charge in [0.2, 0.25) is 5.91 Å². The topological polar surface area (TPSA) is 41.5 Å². The fraction of sp³-hybridized carbons (Fsp3) is 0.308. The van der Waals surface area contributed by atoms with Gasteiger partial charge in [-0.1, -0.05) is 66.7 Å². The second kappa shape index (κ2) is 9.04. The Morgan fingerprint density at radius 1 is 1.03 bits per heavy atom. The predicted molar refractivity (Wildman–Crippen MR) is 119 cm³/mol. The van der Waals surface area contributed by atoms with Gasteiger partial charge in [-0.15, -0.1) is 0 Å². The Hall–Kier alpha value is -2.94. The second-order valence-electron chi connectivity index (χ2n) is 7.94. The molecule has 29 heavy (non-hydrogen) atoms. The maximum absolute atomic E-state index is 12.2. The van der Waals surface area contributed by atoms with Crippen LogP contribution in [-0.2, 0) is 10.2 Å². The van der Waals surface area contributed by atoms with Crippen molar-refractivity contribution < 1.29 is 4.79 Å². The number of nitrogens with zero attached hydrogens (tertiary/aromatic N) is 1. The van der Waals surface area contributed by atoms with Crippen LogP contribution < -0.4 is 5.32 Å². The molecular weight excluding hydrogens is 356 g/mol. The van der Waals surface area contributed by atoms with Crippen molar-refractivity contribution in [3.63, 3.8) is 0 Å². The molecule has 1 heterocycles. The lowest BCUT2D eigenvalue weighted by Gasteiger charge is -2.18. The first-order valence-corrected chi connectivity index (χ1v) is 10.5. The minimum atomic E-state index is -0.00360. The summed E-state index contributed by atoms with van der Waals surface area (Å²) in [5, 5.41) is 3.02. The van der Waals surface area contributed by atoms with Gasteiger partial charge in [-0.25, -0.2) is 0 Å². The third kappa shape index (κ3) is 4.56. The van der Waals surface area contributed by atoms with E-state index in [1.54, 1.807) is 6.08 Å². The van der Waals surface area contributed by atoms with E-state index in [-0.39, 0.29) is 11.3 Å².